The second kappa shape index (κ2) is 15.4. The molecule has 7 rings (SSSR count). The average Bonchev–Trinajstić information content (AvgIpc) is 3.40. The van der Waals surface area contributed by atoms with Gasteiger partial charge in [-0.2, -0.15) is 0 Å². The molecule has 2 atom stereocenters. The van der Waals surface area contributed by atoms with E-state index in [0.717, 1.165) is 48.6 Å². The molecule has 2 saturated heterocycles. The molecule has 0 radical (unpaired) electrons. The van der Waals surface area contributed by atoms with Gasteiger partial charge in [0.25, 0.3) is 5.91 Å². The number of piperidine rings is 1. The standard InChI is InChI=1S/C40H46F2N6O4/c41-30-19-27(20-31(42)23-30)21-35(45-37(50)34-22-28-9-7-8-10-29(28)24-43-34)38(51)46-17-15-40(16-18-46)39(52)47(26-48(40)33-13-5-2-6-14-33)25-36(49)44-32-11-3-1-4-12-32/h2,5-10,13-14,19-20,23,32,34-35,43H,1,3-4,11-12,15-18,21-22,24-26H2,(H,44,49)(H,45,50). The van der Waals surface area contributed by atoms with Crippen LogP contribution in [0.5, 0.6) is 0 Å². The van der Waals surface area contributed by atoms with Crippen LogP contribution in [-0.4, -0.2) is 83.4 Å². The van der Waals surface area contributed by atoms with E-state index >= 15 is 0 Å². The number of benzene rings is 3. The predicted octanol–water partition coefficient (Wildman–Crippen LogP) is 3.82. The molecule has 3 N–H and O–H groups in total. The van der Waals surface area contributed by atoms with Crippen molar-refractivity contribution < 1.29 is 28.0 Å². The molecule has 2 unspecified atom stereocenters. The molecule has 1 saturated carbocycles. The Labute approximate surface area is 302 Å². The Kier molecular flexibility index (Phi) is 10.5. The van der Waals surface area contributed by atoms with Crippen LogP contribution in [0.2, 0.25) is 0 Å². The molecule has 10 nitrogen and oxygen atoms in total. The number of halogens is 2. The van der Waals surface area contributed by atoms with Gasteiger partial charge in [0.1, 0.15) is 29.8 Å². The molecule has 3 aromatic rings. The zero-order valence-corrected chi connectivity index (χ0v) is 29.3. The zero-order chi connectivity index (χ0) is 36.2. The highest BCUT2D eigenvalue weighted by Crippen LogP contribution is 2.39. The van der Waals surface area contributed by atoms with Crippen molar-refractivity contribution in [2.45, 2.75) is 88.0 Å². The first-order valence-corrected chi connectivity index (χ1v) is 18.4. The van der Waals surface area contributed by atoms with E-state index in [9.17, 15) is 28.0 Å². The Hall–Kier alpha value is -4.84. The summed E-state index contributed by atoms with van der Waals surface area (Å²) in [5, 5.41) is 9.27. The van der Waals surface area contributed by atoms with Gasteiger partial charge in [0.05, 0.1) is 12.7 Å². The first kappa shape index (κ1) is 35.6. The van der Waals surface area contributed by atoms with E-state index in [2.05, 4.69) is 16.0 Å². The Morgan fingerprint density at radius 1 is 0.885 bits per heavy atom. The van der Waals surface area contributed by atoms with Gasteiger partial charge in [0, 0.05) is 43.9 Å². The number of hydrogen-bond donors (Lipinski definition) is 3. The van der Waals surface area contributed by atoms with Crippen LogP contribution in [0, 0.1) is 11.6 Å². The minimum absolute atomic E-state index is 0.0406. The quantitative estimate of drug-likeness (QED) is 0.311. The van der Waals surface area contributed by atoms with E-state index in [4.69, 9.17) is 0 Å². The minimum atomic E-state index is -1.09. The van der Waals surface area contributed by atoms with Crippen LogP contribution in [0.15, 0.2) is 72.8 Å². The molecule has 4 aliphatic rings. The Morgan fingerprint density at radius 3 is 2.27 bits per heavy atom. The Bertz CT molecular complexity index is 1770. The maximum atomic E-state index is 14.3. The van der Waals surface area contributed by atoms with E-state index < -0.39 is 29.3 Å². The molecular weight excluding hydrogens is 666 g/mol. The highest BCUT2D eigenvalue weighted by molar-refractivity contribution is 5.97. The molecule has 274 valence electrons. The highest BCUT2D eigenvalue weighted by atomic mass is 19.1. The van der Waals surface area contributed by atoms with Gasteiger partial charge < -0.3 is 30.7 Å². The van der Waals surface area contributed by atoms with Crippen molar-refractivity contribution in [1.82, 2.24) is 25.8 Å². The fourth-order valence-electron chi connectivity index (χ4n) is 8.41. The first-order chi connectivity index (χ1) is 25.2. The molecule has 3 heterocycles. The summed E-state index contributed by atoms with van der Waals surface area (Å²) in [5.41, 5.74) is 2.28. The summed E-state index contributed by atoms with van der Waals surface area (Å²) in [7, 11) is 0. The number of rotatable bonds is 9. The summed E-state index contributed by atoms with van der Waals surface area (Å²) < 4.78 is 28.5. The Morgan fingerprint density at radius 2 is 1.56 bits per heavy atom. The zero-order valence-electron chi connectivity index (χ0n) is 29.3. The third-order valence-electron chi connectivity index (χ3n) is 11.2. The molecule has 3 aliphatic heterocycles. The number of para-hydroxylation sites is 1. The smallest absolute Gasteiger partial charge is 0.250 e. The van der Waals surface area contributed by atoms with Crippen molar-refractivity contribution in [3.63, 3.8) is 0 Å². The minimum Gasteiger partial charge on any atom is -0.352 e. The number of hydrogen-bond acceptors (Lipinski definition) is 6. The number of likely N-dealkylation sites (tertiary alicyclic amines) is 1. The van der Waals surface area contributed by atoms with Gasteiger partial charge in [-0.25, -0.2) is 8.78 Å². The SMILES string of the molecule is O=C(CN1CN(c2ccccc2)C2(CCN(C(=O)C(Cc3cc(F)cc(F)c3)NC(=O)C3Cc4ccccc4CN3)CC2)C1=O)NC1CCCCC1. The summed E-state index contributed by atoms with van der Waals surface area (Å²) >= 11 is 0. The molecular formula is C40H46F2N6O4. The third kappa shape index (κ3) is 7.67. The lowest BCUT2D eigenvalue weighted by Gasteiger charge is -2.44. The van der Waals surface area contributed by atoms with Crippen molar-refractivity contribution in [3.05, 3.63) is 101 Å². The monoisotopic (exact) mass is 712 g/mol. The molecule has 52 heavy (non-hydrogen) atoms. The molecule has 4 amide bonds. The van der Waals surface area contributed by atoms with Crippen LogP contribution >= 0.6 is 0 Å². The van der Waals surface area contributed by atoms with Crippen LogP contribution in [0.25, 0.3) is 0 Å². The van der Waals surface area contributed by atoms with Crippen molar-refractivity contribution in [1.29, 1.82) is 0 Å². The van der Waals surface area contributed by atoms with E-state index in [-0.39, 0.29) is 68.0 Å². The summed E-state index contributed by atoms with van der Waals surface area (Å²) in [4.78, 5) is 60.6. The van der Waals surface area contributed by atoms with Gasteiger partial charge in [-0.05, 0) is 73.1 Å². The summed E-state index contributed by atoms with van der Waals surface area (Å²) in [6.07, 6.45) is 6.20. The number of anilines is 1. The van der Waals surface area contributed by atoms with Crippen LogP contribution < -0.4 is 20.9 Å². The summed E-state index contributed by atoms with van der Waals surface area (Å²) in [6.45, 7) is 1.14. The van der Waals surface area contributed by atoms with E-state index in [0.29, 0.717) is 25.8 Å². The number of carbonyl (C=O) groups excluding carboxylic acids is 4. The normalized spacial score (nSPS) is 20.8. The average molecular weight is 713 g/mol. The fourth-order valence-corrected chi connectivity index (χ4v) is 8.41. The van der Waals surface area contributed by atoms with Crippen molar-refractivity contribution in [2.24, 2.45) is 0 Å². The number of nitrogens with zero attached hydrogens (tertiary/aromatic N) is 3. The number of amides is 4. The molecule has 0 aromatic heterocycles. The lowest BCUT2D eigenvalue weighted by molar-refractivity contribution is -0.141. The second-order valence-electron chi connectivity index (χ2n) is 14.6. The maximum Gasteiger partial charge on any atom is 0.250 e. The molecule has 0 bridgehead atoms. The molecule has 12 heteroatoms. The van der Waals surface area contributed by atoms with Gasteiger partial charge in [0.2, 0.25) is 17.7 Å². The van der Waals surface area contributed by atoms with Crippen LogP contribution in [0.1, 0.15) is 61.6 Å². The van der Waals surface area contributed by atoms with E-state index in [1.807, 2.05) is 59.5 Å². The van der Waals surface area contributed by atoms with Gasteiger partial charge in [-0.3, -0.25) is 19.2 Å². The van der Waals surface area contributed by atoms with E-state index in [1.54, 1.807) is 9.80 Å². The van der Waals surface area contributed by atoms with Crippen LogP contribution in [-0.2, 0) is 38.6 Å². The topological polar surface area (TPSA) is 114 Å². The van der Waals surface area contributed by atoms with E-state index in [1.165, 1.54) is 18.6 Å². The predicted molar refractivity (Wildman–Crippen MR) is 192 cm³/mol. The lowest BCUT2D eigenvalue weighted by Crippen LogP contribution is -2.60. The number of fused-ring (bicyclic) bond motifs is 1. The highest BCUT2D eigenvalue weighted by Gasteiger charge is 2.54. The van der Waals surface area contributed by atoms with Gasteiger partial charge >= 0.3 is 0 Å². The number of carbonyl (C=O) groups is 4. The second-order valence-corrected chi connectivity index (χ2v) is 14.6. The van der Waals surface area contributed by atoms with Crippen LogP contribution in [0.4, 0.5) is 14.5 Å². The number of nitrogens with one attached hydrogen (secondary N) is 3. The summed E-state index contributed by atoms with van der Waals surface area (Å²) in [6, 6.07) is 19.0. The first-order valence-electron chi connectivity index (χ1n) is 18.4. The van der Waals surface area contributed by atoms with Gasteiger partial charge in [-0.1, -0.05) is 61.7 Å². The third-order valence-corrected chi connectivity index (χ3v) is 11.2. The Balaban J connectivity index is 1.07. The molecule has 1 spiro atoms. The maximum absolute atomic E-state index is 14.3. The largest absolute Gasteiger partial charge is 0.352 e. The van der Waals surface area contributed by atoms with Gasteiger partial charge in [0.15, 0.2) is 0 Å². The molecule has 3 aromatic carbocycles. The summed E-state index contributed by atoms with van der Waals surface area (Å²) in [5.74, 6) is -2.61. The lowest BCUT2D eigenvalue weighted by atomic mass is 9.85. The van der Waals surface area contributed by atoms with Gasteiger partial charge in [-0.15, -0.1) is 0 Å². The molecule has 3 fully saturated rings. The van der Waals surface area contributed by atoms with Crippen LogP contribution in [0.3, 0.4) is 0 Å². The van der Waals surface area contributed by atoms with Crippen molar-refractivity contribution in [3.8, 4) is 0 Å². The molecule has 1 aliphatic carbocycles. The fraction of sp³-hybridized carbons (Fsp3) is 0.450. The van der Waals surface area contributed by atoms with Crippen molar-refractivity contribution >= 4 is 29.3 Å². The van der Waals surface area contributed by atoms with Crippen molar-refractivity contribution in [2.75, 3.05) is 31.2 Å².